The van der Waals surface area contributed by atoms with E-state index in [1.807, 2.05) is 38.1 Å². The minimum absolute atomic E-state index is 0.0664. The van der Waals surface area contributed by atoms with Crippen LogP contribution < -0.4 is 10.1 Å². The smallest absolute Gasteiger partial charge is 0.237 e. The molecule has 2 aliphatic heterocycles. The number of carbonyl (C=O) groups is 1. The summed E-state index contributed by atoms with van der Waals surface area (Å²) >= 11 is 0. The number of hydrogen-bond acceptors (Lipinski definition) is 4. The molecule has 104 valence electrons. The normalized spacial score (nSPS) is 23.7. The maximum Gasteiger partial charge on any atom is 0.237 e. The van der Waals surface area contributed by atoms with Crippen LogP contribution in [0.1, 0.15) is 26.3 Å². The predicted octanol–water partition coefficient (Wildman–Crippen LogP) is 3.29. The van der Waals surface area contributed by atoms with Crippen LogP contribution in [0.2, 0.25) is 0 Å². The van der Waals surface area contributed by atoms with Gasteiger partial charge in [0.15, 0.2) is 5.78 Å². The molecule has 1 aromatic carbocycles. The Hall–Kier alpha value is -2.23. The highest BCUT2D eigenvalue weighted by Gasteiger charge is 2.46. The van der Waals surface area contributed by atoms with Crippen LogP contribution in [0, 0.1) is 6.92 Å². The molecule has 1 atom stereocenters. The molecule has 0 aromatic heterocycles. The van der Waals surface area contributed by atoms with Gasteiger partial charge < -0.3 is 14.8 Å². The van der Waals surface area contributed by atoms with Crippen LogP contribution in [0.5, 0.6) is 5.75 Å². The monoisotopic (exact) mass is 271 g/mol. The summed E-state index contributed by atoms with van der Waals surface area (Å²) in [6, 6.07) is 5.91. The molecule has 3 rings (SSSR count). The fourth-order valence-corrected chi connectivity index (χ4v) is 2.86. The van der Waals surface area contributed by atoms with E-state index in [1.165, 1.54) is 6.92 Å². The van der Waals surface area contributed by atoms with Gasteiger partial charge in [0.05, 0.1) is 5.69 Å². The van der Waals surface area contributed by atoms with E-state index in [0.717, 1.165) is 17.0 Å². The van der Waals surface area contributed by atoms with E-state index in [4.69, 9.17) is 9.47 Å². The molecule has 0 bridgehead atoms. The molecule has 4 nitrogen and oxygen atoms in total. The molecule has 0 aliphatic carbocycles. The first-order valence-corrected chi connectivity index (χ1v) is 6.59. The Bertz CT molecular complexity index is 672. The lowest BCUT2D eigenvalue weighted by atomic mass is 9.95. The summed E-state index contributed by atoms with van der Waals surface area (Å²) in [4.78, 5) is 12.0. The molecule has 0 saturated heterocycles. The zero-order valence-corrected chi connectivity index (χ0v) is 12.0. The lowest BCUT2D eigenvalue weighted by molar-refractivity contribution is -0.115. The highest BCUT2D eigenvalue weighted by molar-refractivity contribution is 5.98. The summed E-state index contributed by atoms with van der Waals surface area (Å²) in [6.07, 6.45) is 1.81. The number of nitrogens with one attached hydrogen (secondary N) is 1. The number of anilines is 1. The van der Waals surface area contributed by atoms with Crippen molar-refractivity contribution in [2.45, 2.75) is 33.4 Å². The van der Waals surface area contributed by atoms with Crippen LogP contribution in [0.4, 0.5) is 5.69 Å². The van der Waals surface area contributed by atoms with Gasteiger partial charge in [-0.15, -0.1) is 0 Å². The number of carbonyl (C=O) groups excluding carboxylic acids is 1. The van der Waals surface area contributed by atoms with E-state index in [0.29, 0.717) is 17.1 Å². The van der Waals surface area contributed by atoms with E-state index >= 15 is 0 Å². The average molecular weight is 271 g/mol. The number of ether oxygens (including phenoxy) is 2. The van der Waals surface area contributed by atoms with Gasteiger partial charge in [0, 0.05) is 6.08 Å². The number of aryl methyl sites for hydroxylation is 1. The summed E-state index contributed by atoms with van der Waals surface area (Å²) in [6.45, 7) is 7.18. The molecule has 4 heteroatoms. The van der Waals surface area contributed by atoms with Crippen molar-refractivity contribution in [1.82, 2.24) is 0 Å². The van der Waals surface area contributed by atoms with Gasteiger partial charge in [-0.25, -0.2) is 0 Å². The number of fused-ring (bicyclic) bond motifs is 1. The molecule has 1 N–H and O–H groups in total. The third kappa shape index (κ3) is 1.80. The second-order valence-electron chi connectivity index (χ2n) is 5.31. The van der Waals surface area contributed by atoms with Gasteiger partial charge in [-0.1, -0.05) is 6.07 Å². The number of hydrogen-bond donors (Lipinski definition) is 1. The Balaban J connectivity index is 2.13. The zero-order valence-electron chi connectivity index (χ0n) is 12.0. The molecule has 1 aromatic rings. The largest absolute Gasteiger partial charge is 0.466 e. The molecular formula is C16H17NO3. The van der Waals surface area contributed by atoms with Crippen molar-refractivity contribution >= 4 is 11.5 Å². The van der Waals surface area contributed by atoms with Crippen LogP contribution in [0.25, 0.3) is 0 Å². The highest BCUT2D eigenvalue weighted by Crippen LogP contribution is 2.44. The third-order valence-electron chi connectivity index (χ3n) is 3.52. The Morgan fingerprint density at radius 1 is 1.25 bits per heavy atom. The molecular weight excluding hydrogens is 254 g/mol. The van der Waals surface area contributed by atoms with E-state index in [-0.39, 0.29) is 5.78 Å². The first kappa shape index (κ1) is 12.8. The van der Waals surface area contributed by atoms with Gasteiger partial charge in [0.1, 0.15) is 22.8 Å². The Labute approximate surface area is 118 Å². The summed E-state index contributed by atoms with van der Waals surface area (Å²) in [7, 11) is 0. The first-order valence-electron chi connectivity index (χ1n) is 6.59. The van der Waals surface area contributed by atoms with Gasteiger partial charge in [0.2, 0.25) is 5.72 Å². The second-order valence-corrected chi connectivity index (χ2v) is 5.31. The maximum atomic E-state index is 12.0. The topological polar surface area (TPSA) is 47.6 Å². The predicted molar refractivity (Wildman–Crippen MR) is 76.4 cm³/mol. The minimum Gasteiger partial charge on any atom is -0.466 e. The summed E-state index contributed by atoms with van der Waals surface area (Å²) in [5.74, 6) is 1.97. The molecule has 20 heavy (non-hydrogen) atoms. The van der Waals surface area contributed by atoms with E-state index < -0.39 is 5.72 Å². The van der Waals surface area contributed by atoms with Gasteiger partial charge in [-0.3, -0.25) is 4.79 Å². The standard InChI is InChI=1S/C16H17NO3/c1-9-5-6-14-13(7-9)17-16(20-14)8-10(2)19-12(4)15(16)11(3)18/h5-8,17H,1-4H3/t16-/m0/s1. The van der Waals surface area contributed by atoms with Gasteiger partial charge in [-0.2, -0.15) is 0 Å². The molecule has 2 aliphatic rings. The van der Waals surface area contributed by atoms with Crippen LogP contribution in [0.15, 0.2) is 41.4 Å². The van der Waals surface area contributed by atoms with E-state index in [9.17, 15) is 4.79 Å². The Kier molecular flexibility index (Phi) is 2.64. The quantitative estimate of drug-likeness (QED) is 0.851. The van der Waals surface area contributed by atoms with Gasteiger partial charge in [0.25, 0.3) is 0 Å². The molecule has 0 saturated carbocycles. The fourth-order valence-electron chi connectivity index (χ4n) is 2.86. The first-order chi connectivity index (χ1) is 9.41. The fraction of sp³-hybridized carbons (Fsp3) is 0.312. The van der Waals surface area contributed by atoms with Crippen molar-refractivity contribution in [3.63, 3.8) is 0 Å². The SMILES string of the molecule is CC(=O)C1=C(C)OC(C)=C[C@@]12Nc1cc(C)ccc1O2. The van der Waals surface area contributed by atoms with Gasteiger partial charge in [-0.05, 0) is 45.4 Å². The number of benzene rings is 1. The van der Waals surface area contributed by atoms with Crippen molar-refractivity contribution < 1.29 is 14.3 Å². The summed E-state index contributed by atoms with van der Waals surface area (Å²) < 4.78 is 11.6. The summed E-state index contributed by atoms with van der Waals surface area (Å²) in [5, 5.41) is 3.33. The van der Waals surface area contributed by atoms with Gasteiger partial charge >= 0.3 is 0 Å². The lowest BCUT2D eigenvalue weighted by Gasteiger charge is -2.32. The second kappa shape index (κ2) is 4.13. The van der Waals surface area contributed by atoms with Crippen molar-refractivity contribution in [3.8, 4) is 5.75 Å². The zero-order chi connectivity index (χ0) is 14.5. The Morgan fingerprint density at radius 2 is 2.00 bits per heavy atom. The van der Waals surface area contributed by atoms with Crippen molar-refractivity contribution in [3.05, 3.63) is 46.9 Å². The molecule has 0 radical (unpaired) electrons. The number of allylic oxidation sites excluding steroid dienone is 2. The maximum absolute atomic E-state index is 12.0. The van der Waals surface area contributed by atoms with E-state index in [2.05, 4.69) is 5.32 Å². The number of ketones is 1. The molecule has 0 unspecified atom stereocenters. The average Bonchev–Trinajstić information content (AvgIpc) is 2.63. The lowest BCUT2D eigenvalue weighted by Crippen LogP contribution is -2.45. The Morgan fingerprint density at radius 3 is 2.70 bits per heavy atom. The third-order valence-corrected chi connectivity index (χ3v) is 3.52. The summed E-state index contributed by atoms with van der Waals surface area (Å²) in [5.41, 5.74) is 1.59. The highest BCUT2D eigenvalue weighted by atomic mass is 16.5. The van der Waals surface area contributed by atoms with Crippen molar-refractivity contribution in [2.24, 2.45) is 0 Å². The molecule has 1 spiro atoms. The molecule has 2 heterocycles. The molecule has 0 fully saturated rings. The van der Waals surface area contributed by atoms with Crippen LogP contribution >= 0.6 is 0 Å². The number of Topliss-reactive ketones (excluding diaryl/α,β-unsaturated/α-hetero) is 1. The van der Waals surface area contributed by atoms with E-state index in [1.54, 1.807) is 6.92 Å². The van der Waals surface area contributed by atoms with Crippen LogP contribution in [0.3, 0.4) is 0 Å². The molecule has 0 amide bonds. The van der Waals surface area contributed by atoms with Crippen LogP contribution in [-0.2, 0) is 9.53 Å². The van der Waals surface area contributed by atoms with Crippen molar-refractivity contribution in [2.75, 3.05) is 5.32 Å². The van der Waals surface area contributed by atoms with Crippen LogP contribution in [-0.4, -0.2) is 11.5 Å². The minimum atomic E-state index is -0.950. The van der Waals surface area contributed by atoms with Crippen molar-refractivity contribution in [1.29, 1.82) is 0 Å². The number of rotatable bonds is 1.